The van der Waals surface area contributed by atoms with Gasteiger partial charge in [-0.15, -0.1) is 0 Å². The predicted octanol–water partition coefficient (Wildman–Crippen LogP) is 2.15. The third-order valence-corrected chi connectivity index (χ3v) is 3.86. The van der Waals surface area contributed by atoms with Crippen LogP contribution in [0.25, 0.3) is 0 Å². The van der Waals surface area contributed by atoms with Crippen LogP contribution >= 0.6 is 15.9 Å². The summed E-state index contributed by atoms with van der Waals surface area (Å²) < 4.78 is 0.589. The van der Waals surface area contributed by atoms with Gasteiger partial charge in [-0.2, -0.15) is 5.26 Å². The molecule has 0 aromatic carbocycles. The predicted molar refractivity (Wildman–Crippen MR) is 77.3 cm³/mol. The smallest absolute Gasteiger partial charge is 0.288 e. The van der Waals surface area contributed by atoms with E-state index in [9.17, 15) is 10.1 Å². The molecule has 1 aliphatic heterocycles. The molecule has 1 saturated heterocycles. The fourth-order valence-corrected chi connectivity index (χ4v) is 2.61. The Morgan fingerprint density at radius 2 is 2.30 bits per heavy atom. The molecular weight excluding hydrogens is 326 g/mol. The Balaban J connectivity index is 1.95. The number of nitrogens with zero attached hydrogens (tertiary/aromatic N) is 4. The summed E-state index contributed by atoms with van der Waals surface area (Å²) in [5, 5.41) is 22.6. The van der Waals surface area contributed by atoms with Crippen molar-refractivity contribution in [3.05, 3.63) is 26.9 Å². The van der Waals surface area contributed by atoms with Crippen LogP contribution in [0.1, 0.15) is 12.8 Å². The number of anilines is 1. The van der Waals surface area contributed by atoms with Crippen LogP contribution in [0.15, 0.2) is 16.7 Å². The van der Waals surface area contributed by atoms with E-state index in [4.69, 9.17) is 5.26 Å². The Bertz CT molecular complexity index is 537. The summed E-state index contributed by atoms with van der Waals surface area (Å²) in [6.45, 7) is 2.21. The summed E-state index contributed by atoms with van der Waals surface area (Å²) >= 11 is 3.30. The van der Waals surface area contributed by atoms with Gasteiger partial charge in [-0.1, -0.05) is 0 Å². The van der Waals surface area contributed by atoms with Gasteiger partial charge >= 0.3 is 0 Å². The van der Waals surface area contributed by atoms with Gasteiger partial charge in [0.25, 0.3) is 5.69 Å². The molecule has 0 saturated carbocycles. The lowest BCUT2D eigenvalue weighted by Crippen LogP contribution is -2.39. The average molecular weight is 340 g/mol. The summed E-state index contributed by atoms with van der Waals surface area (Å²) in [4.78, 5) is 16.4. The van der Waals surface area contributed by atoms with Crippen LogP contribution < -0.4 is 5.32 Å². The van der Waals surface area contributed by atoms with Crippen molar-refractivity contribution < 1.29 is 4.92 Å². The highest BCUT2D eigenvalue weighted by atomic mass is 79.9. The van der Waals surface area contributed by atoms with E-state index in [1.807, 2.05) is 0 Å². The lowest BCUT2D eigenvalue weighted by atomic mass is 10.1. The maximum absolute atomic E-state index is 10.6. The second-order valence-electron chi connectivity index (χ2n) is 4.63. The molecule has 7 nitrogen and oxygen atoms in total. The van der Waals surface area contributed by atoms with Crippen molar-refractivity contribution in [3.8, 4) is 6.07 Å². The van der Waals surface area contributed by atoms with Gasteiger partial charge in [-0.25, -0.2) is 4.98 Å². The normalized spacial score (nSPS) is 16.6. The number of likely N-dealkylation sites (tertiary alicyclic amines) is 1. The quantitative estimate of drug-likeness (QED) is 0.513. The number of hydrogen-bond acceptors (Lipinski definition) is 6. The van der Waals surface area contributed by atoms with E-state index < -0.39 is 4.92 Å². The average Bonchev–Trinajstić information content (AvgIpc) is 2.43. The molecule has 20 heavy (non-hydrogen) atoms. The highest BCUT2D eigenvalue weighted by molar-refractivity contribution is 9.10. The fourth-order valence-electron chi connectivity index (χ4n) is 2.16. The molecule has 1 N–H and O–H groups in total. The number of nitrogens with one attached hydrogen (secondary N) is 1. The Morgan fingerprint density at radius 1 is 1.60 bits per heavy atom. The Labute approximate surface area is 124 Å². The minimum Gasteiger partial charge on any atom is -0.366 e. The number of nitro groups is 1. The van der Waals surface area contributed by atoms with Crippen molar-refractivity contribution in [2.24, 2.45) is 0 Å². The summed E-state index contributed by atoms with van der Waals surface area (Å²) in [6.07, 6.45) is 3.09. The monoisotopic (exact) mass is 339 g/mol. The number of pyridine rings is 1. The largest absolute Gasteiger partial charge is 0.366 e. The summed E-state index contributed by atoms with van der Waals surface area (Å²) in [5.74, 6) is 0.620. The van der Waals surface area contributed by atoms with E-state index in [2.05, 4.69) is 37.2 Å². The van der Waals surface area contributed by atoms with E-state index in [1.165, 1.54) is 12.3 Å². The van der Waals surface area contributed by atoms with Crippen LogP contribution in [-0.2, 0) is 0 Å². The maximum Gasteiger partial charge on any atom is 0.288 e. The molecule has 1 aromatic rings. The zero-order valence-corrected chi connectivity index (χ0v) is 12.3. The van der Waals surface area contributed by atoms with Gasteiger partial charge in [0.15, 0.2) is 0 Å². The highest BCUT2D eigenvalue weighted by Crippen LogP contribution is 2.26. The molecular formula is C12H14BrN5O2. The van der Waals surface area contributed by atoms with Crippen LogP contribution in [0.3, 0.4) is 0 Å². The molecule has 1 aliphatic rings. The molecule has 1 fully saturated rings. The molecule has 0 radical (unpaired) electrons. The van der Waals surface area contributed by atoms with Crippen molar-refractivity contribution in [1.82, 2.24) is 9.88 Å². The van der Waals surface area contributed by atoms with E-state index in [-0.39, 0.29) is 11.7 Å². The van der Waals surface area contributed by atoms with Gasteiger partial charge in [-0.3, -0.25) is 15.0 Å². The molecule has 2 rings (SSSR count). The first-order valence-corrected chi connectivity index (χ1v) is 7.05. The first kappa shape index (κ1) is 14.7. The molecule has 0 atom stereocenters. The fraction of sp³-hybridized carbons (Fsp3) is 0.500. The SMILES string of the molecule is N#CCN1CCC(Nc2ncc([N+](=O)[O-])cc2Br)CC1. The number of halogens is 1. The number of aromatic nitrogens is 1. The summed E-state index contributed by atoms with van der Waals surface area (Å²) in [7, 11) is 0. The topological polar surface area (TPSA) is 95.1 Å². The van der Waals surface area contributed by atoms with Gasteiger partial charge < -0.3 is 5.32 Å². The molecule has 0 spiro atoms. The number of nitriles is 1. The number of hydrogen-bond donors (Lipinski definition) is 1. The molecule has 106 valence electrons. The van der Waals surface area contributed by atoms with Crippen LogP contribution in [-0.4, -0.2) is 40.5 Å². The standard InChI is InChI=1S/C12H14BrN5O2/c13-11-7-10(18(19)20)8-15-12(11)16-9-1-4-17(5-2-9)6-3-14/h7-9H,1-2,4-6H2,(H,15,16). The van der Waals surface area contributed by atoms with Gasteiger partial charge in [0, 0.05) is 25.2 Å². The Morgan fingerprint density at radius 3 is 2.85 bits per heavy atom. The lowest BCUT2D eigenvalue weighted by molar-refractivity contribution is -0.385. The van der Waals surface area contributed by atoms with Crippen molar-refractivity contribution >= 4 is 27.4 Å². The third kappa shape index (κ3) is 3.65. The number of piperidine rings is 1. The Hall–Kier alpha value is -1.72. The maximum atomic E-state index is 10.6. The van der Waals surface area contributed by atoms with Gasteiger partial charge in [-0.05, 0) is 28.8 Å². The molecule has 0 aliphatic carbocycles. The Kier molecular flexibility index (Phi) is 4.87. The highest BCUT2D eigenvalue weighted by Gasteiger charge is 2.20. The van der Waals surface area contributed by atoms with Crippen molar-refractivity contribution in [1.29, 1.82) is 5.26 Å². The summed E-state index contributed by atoms with van der Waals surface area (Å²) in [6, 6.07) is 3.87. The van der Waals surface area contributed by atoms with Crippen molar-refractivity contribution in [2.45, 2.75) is 18.9 Å². The van der Waals surface area contributed by atoms with E-state index in [0.717, 1.165) is 25.9 Å². The van der Waals surface area contributed by atoms with Crippen LogP contribution in [0.2, 0.25) is 0 Å². The molecule has 2 heterocycles. The first-order chi connectivity index (χ1) is 9.60. The zero-order valence-electron chi connectivity index (χ0n) is 10.8. The second kappa shape index (κ2) is 6.63. The van der Waals surface area contributed by atoms with Crippen LogP contribution in [0.5, 0.6) is 0 Å². The third-order valence-electron chi connectivity index (χ3n) is 3.26. The van der Waals surface area contributed by atoms with E-state index in [1.54, 1.807) is 0 Å². The van der Waals surface area contributed by atoms with Gasteiger partial charge in [0.05, 0.1) is 22.0 Å². The number of rotatable bonds is 4. The minimum atomic E-state index is -0.470. The van der Waals surface area contributed by atoms with E-state index in [0.29, 0.717) is 16.8 Å². The molecule has 8 heteroatoms. The molecule has 0 unspecified atom stereocenters. The lowest BCUT2D eigenvalue weighted by Gasteiger charge is -2.31. The van der Waals surface area contributed by atoms with Gasteiger partial charge in [0.2, 0.25) is 0 Å². The molecule has 0 bridgehead atoms. The van der Waals surface area contributed by atoms with Crippen LogP contribution in [0.4, 0.5) is 11.5 Å². The van der Waals surface area contributed by atoms with E-state index >= 15 is 0 Å². The molecule has 0 amide bonds. The van der Waals surface area contributed by atoms with Crippen molar-refractivity contribution in [2.75, 3.05) is 25.0 Å². The minimum absolute atomic E-state index is 0.0359. The van der Waals surface area contributed by atoms with Crippen LogP contribution in [0, 0.1) is 21.4 Å². The second-order valence-corrected chi connectivity index (χ2v) is 5.49. The summed E-state index contributed by atoms with van der Waals surface area (Å²) in [5.41, 5.74) is -0.0359. The molecule has 1 aromatic heterocycles. The van der Waals surface area contributed by atoms with Crippen molar-refractivity contribution in [3.63, 3.8) is 0 Å². The zero-order chi connectivity index (χ0) is 14.5. The van der Waals surface area contributed by atoms with Gasteiger partial charge in [0.1, 0.15) is 12.0 Å². The first-order valence-electron chi connectivity index (χ1n) is 6.26.